The largest absolute Gasteiger partial charge is 0.0613 e. The van der Waals surface area contributed by atoms with Crippen molar-refractivity contribution in [1.82, 2.24) is 0 Å². The van der Waals surface area contributed by atoms with Crippen LogP contribution in [0.1, 0.15) is 99.9 Å². The predicted octanol–water partition coefficient (Wildman–Crippen LogP) is 7.87. The van der Waals surface area contributed by atoms with Crippen molar-refractivity contribution in [3.05, 3.63) is 68.8 Å². The van der Waals surface area contributed by atoms with Crippen LogP contribution in [0.15, 0.2) is 24.3 Å². The minimum absolute atomic E-state index is 1.17. The molecule has 0 aliphatic heterocycles. The van der Waals surface area contributed by atoms with Crippen LogP contribution in [0.5, 0.6) is 0 Å². The molecule has 0 heterocycles. The summed E-state index contributed by atoms with van der Waals surface area (Å²) in [4.78, 5) is 0. The third-order valence-corrected chi connectivity index (χ3v) is 6.14. The molecule has 0 unspecified atom stereocenters. The van der Waals surface area contributed by atoms with Crippen LogP contribution < -0.4 is 0 Å². The first-order valence-electron chi connectivity index (χ1n) is 11.8. The van der Waals surface area contributed by atoms with Gasteiger partial charge in [0.15, 0.2) is 0 Å². The molecule has 0 N–H and O–H groups in total. The molecule has 0 radical (unpaired) electrons. The maximum Gasteiger partial charge on any atom is -0.0302 e. The van der Waals surface area contributed by atoms with Gasteiger partial charge in [0, 0.05) is 0 Å². The molecule has 0 fully saturated rings. The zero-order valence-electron chi connectivity index (χ0n) is 20.0. The molecule has 0 bridgehead atoms. The van der Waals surface area contributed by atoms with E-state index in [0.717, 1.165) is 0 Å². The molecule has 0 heteroatoms. The molecule has 0 amide bonds. The lowest BCUT2D eigenvalue weighted by molar-refractivity contribution is 0.945. The summed E-state index contributed by atoms with van der Waals surface area (Å²) in [5, 5.41) is 0. The van der Waals surface area contributed by atoms with E-state index in [0.29, 0.717) is 0 Å². The van der Waals surface area contributed by atoms with E-state index < -0.39 is 0 Å². The van der Waals surface area contributed by atoms with Crippen molar-refractivity contribution in [3.63, 3.8) is 0 Å². The van der Waals surface area contributed by atoms with Crippen LogP contribution in [-0.2, 0) is 51.4 Å². The second kappa shape index (κ2) is 12.8. The van der Waals surface area contributed by atoms with Gasteiger partial charge in [-0.3, -0.25) is 0 Å². The first kappa shape index (κ1) is 24.5. The fourth-order valence-corrected chi connectivity index (χ4v) is 4.44. The fraction of sp³-hybridized carbons (Fsp3) is 0.571. The second-order valence-electron chi connectivity index (χ2n) is 7.56. The van der Waals surface area contributed by atoms with Crippen LogP contribution in [0.2, 0.25) is 0 Å². The fourth-order valence-electron chi connectivity index (χ4n) is 4.44. The third-order valence-electron chi connectivity index (χ3n) is 6.14. The smallest absolute Gasteiger partial charge is 0.0302 e. The van der Waals surface area contributed by atoms with Gasteiger partial charge < -0.3 is 0 Å². The van der Waals surface area contributed by atoms with Crippen LogP contribution in [0, 0.1) is 0 Å². The summed E-state index contributed by atoms with van der Waals surface area (Å²) < 4.78 is 0. The topological polar surface area (TPSA) is 0 Å². The molecule has 28 heavy (non-hydrogen) atoms. The first-order valence-corrected chi connectivity index (χ1v) is 11.8. The molecular formula is C28H44. The van der Waals surface area contributed by atoms with Crippen molar-refractivity contribution < 1.29 is 0 Å². The van der Waals surface area contributed by atoms with Gasteiger partial charge in [0.25, 0.3) is 0 Å². The normalized spacial score (nSPS) is 10.6. The molecule has 0 aliphatic rings. The quantitative estimate of drug-likeness (QED) is 0.437. The Hall–Kier alpha value is -1.56. The van der Waals surface area contributed by atoms with E-state index in [2.05, 4.69) is 79.7 Å². The van der Waals surface area contributed by atoms with Crippen molar-refractivity contribution in [2.75, 3.05) is 0 Å². The summed E-state index contributed by atoms with van der Waals surface area (Å²) in [6.45, 7) is 18.0. The monoisotopic (exact) mass is 380 g/mol. The summed E-state index contributed by atoms with van der Waals surface area (Å²) in [5.41, 5.74) is 12.5. The van der Waals surface area contributed by atoms with Gasteiger partial charge in [-0.25, -0.2) is 0 Å². The van der Waals surface area contributed by atoms with Crippen molar-refractivity contribution >= 4 is 0 Å². The molecule has 0 saturated heterocycles. The van der Waals surface area contributed by atoms with E-state index in [9.17, 15) is 0 Å². The predicted molar refractivity (Wildman–Crippen MR) is 128 cm³/mol. The van der Waals surface area contributed by atoms with Crippen LogP contribution in [-0.4, -0.2) is 0 Å². The van der Waals surface area contributed by atoms with E-state index in [-0.39, 0.29) is 0 Å². The summed E-state index contributed by atoms with van der Waals surface area (Å²) in [5.74, 6) is 0. The molecular weight excluding hydrogens is 336 g/mol. The lowest BCUT2D eigenvalue weighted by Crippen LogP contribution is -2.01. The highest BCUT2D eigenvalue weighted by molar-refractivity contribution is 5.41. The summed E-state index contributed by atoms with van der Waals surface area (Å²) >= 11 is 0. The highest BCUT2D eigenvalue weighted by atomic mass is 14.1. The van der Waals surface area contributed by atoms with Gasteiger partial charge in [-0.2, -0.15) is 0 Å². The van der Waals surface area contributed by atoms with Crippen LogP contribution in [0.3, 0.4) is 0 Å². The zero-order valence-corrected chi connectivity index (χ0v) is 20.0. The molecule has 0 nitrogen and oxygen atoms in total. The molecule has 0 aromatic heterocycles. The molecule has 0 atom stereocenters. The Labute approximate surface area is 175 Å². The van der Waals surface area contributed by atoms with Gasteiger partial charge in [-0.05, 0) is 95.9 Å². The summed E-state index contributed by atoms with van der Waals surface area (Å²) in [6.07, 6.45) is 9.36. The zero-order chi connectivity index (χ0) is 21.1. The van der Waals surface area contributed by atoms with Gasteiger partial charge in [0.1, 0.15) is 0 Å². The van der Waals surface area contributed by atoms with E-state index in [1.54, 1.807) is 44.5 Å². The number of hydrogen-bond donors (Lipinski definition) is 0. The molecule has 0 spiro atoms. The minimum Gasteiger partial charge on any atom is -0.0613 e. The Morgan fingerprint density at radius 1 is 0.357 bits per heavy atom. The SMILES string of the molecule is CCc1cc(CC)c(CC)cc1CC.CCc1ccc(CC)c(CC)c1CC. The summed E-state index contributed by atoms with van der Waals surface area (Å²) in [7, 11) is 0. The Bertz CT molecular complexity index is 627. The average Bonchev–Trinajstić information content (AvgIpc) is 2.76. The maximum atomic E-state index is 2.41. The van der Waals surface area contributed by atoms with E-state index >= 15 is 0 Å². The van der Waals surface area contributed by atoms with Crippen LogP contribution >= 0.6 is 0 Å². The molecule has 156 valence electrons. The maximum absolute atomic E-state index is 2.41. The Morgan fingerprint density at radius 2 is 0.607 bits per heavy atom. The molecule has 2 aromatic carbocycles. The number of aryl methyl sites for hydroxylation is 6. The van der Waals surface area contributed by atoms with Crippen LogP contribution in [0.4, 0.5) is 0 Å². The van der Waals surface area contributed by atoms with Crippen molar-refractivity contribution in [2.45, 2.75) is 107 Å². The van der Waals surface area contributed by atoms with E-state index in [1.165, 1.54) is 51.4 Å². The van der Waals surface area contributed by atoms with E-state index in [1.807, 2.05) is 0 Å². The molecule has 0 saturated carbocycles. The average molecular weight is 381 g/mol. The number of rotatable bonds is 8. The Kier molecular flexibility index (Phi) is 11.2. The Morgan fingerprint density at radius 3 is 0.786 bits per heavy atom. The lowest BCUT2D eigenvalue weighted by atomic mass is 9.90. The van der Waals surface area contributed by atoms with E-state index in [4.69, 9.17) is 0 Å². The highest BCUT2D eigenvalue weighted by Crippen LogP contribution is 2.22. The van der Waals surface area contributed by atoms with Gasteiger partial charge in [-0.15, -0.1) is 0 Å². The molecule has 0 aliphatic carbocycles. The number of hydrogen-bond acceptors (Lipinski definition) is 0. The minimum atomic E-state index is 1.17. The van der Waals surface area contributed by atoms with Crippen molar-refractivity contribution in [2.24, 2.45) is 0 Å². The van der Waals surface area contributed by atoms with Gasteiger partial charge >= 0.3 is 0 Å². The van der Waals surface area contributed by atoms with Crippen LogP contribution in [0.25, 0.3) is 0 Å². The van der Waals surface area contributed by atoms with Gasteiger partial charge in [0.2, 0.25) is 0 Å². The van der Waals surface area contributed by atoms with Gasteiger partial charge in [0.05, 0.1) is 0 Å². The molecule has 2 rings (SSSR count). The lowest BCUT2D eigenvalue weighted by Gasteiger charge is -2.15. The standard InChI is InChI=1S/2C14H22/c1-5-11-9-13(7-3)14(8-4)10-12(11)6-2;1-5-11-9-10-12(6-2)14(8-4)13(11)7-3/h2*9-10H,5-8H2,1-4H3. The van der Waals surface area contributed by atoms with Crippen molar-refractivity contribution in [1.29, 1.82) is 0 Å². The summed E-state index contributed by atoms with van der Waals surface area (Å²) in [6, 6.07) is 9.46. The second-order valence-corrected chi connectivity index (χ2v) is 7.56. The third kappa shape index (κ3) is 5.97. The van der Waals surface area contributed by atoms with Gasteiger partial charge in [-0.1, -0.05) is 79.7 Å². The Balaban J connectivity index is 0.000000280. The number of benzene rings is 2. The van der Waals surface area contributed by atoms with Crippen molar-refractivity contribution in [3.8, 4) is 0 Å². The molecule has 2 aromatic rings. The first-order chi connectivity index (χ1) is 13.5. The highest BCUT2D eigenvalue weighted by Gasteiger charge is 2.08.